The summed E-state index contributed by atoms with van der Waals surface area (Å²) in [6.45, 7) is 7.31. The number of nitrogens with one attached hydrogen (secondary N) is 2. The summed E-state index contributed by atoms with van der Waals surface area (Å²) in [6, 6.07) is 0.396. The summed E-state index contributed by atoms with van der Waals surface area (Å²) >= 11 is 0. The molecule has 1 saturated heterocycles. The molecule has 1 heterocycles. The fourth-order valence-electron chi connectivity index (χ4n) is 2.30. The second-order valence-electron chi connectivity index (χ2n) is 6.18. The minimum Gasteiger partial charge on any atom is -0.459 e. The van der Waals surface area contributed by atoms with E-state index in [1.54, 1.807) is 0 Å². The van der Waals surface area contributed by atoms with Crippen LogP contribution >= 0.6 is 0 Å². The Labute approximate surface area is 103 Å². The fraction of sp³-hybridized carbons (Fsp3) is 0.923. The lowest BCUT2D eigenvalue weighted by Crippen LogP contribution is -2.46. The number of carbonyl (C=O) groups excluding carboxylic acids is 1. The van der Waals surface area contributed by atoms with Gasteiger partial charge in [-0.15, -0.1) is 0 Å². The Morgan fingerprint density at radius 3 is 2.47 bits per heavy atom. The maximum atomic E-state index is 11.9. The highest BCUT2D eigenvalue weighted by atomic mass is 16.6. The molecule has 0 radical (unpaired) electrons. The Morgan fingerprint density at radius 2 is 1.88 bits per heavy atom. The Kier molecular flexibility index (Phi) is 3.73. The largest absolute Gasteiger partial charge is 0.459 e. The zero-order chi connectivity index (χ0) is 12.5. The number of ether oxygens (including phenoxy) is 1. The highest BCUT2D eigenvalue weighted by Crippen LogP contribution is 2.34. The predicted octanol–water partition coefficient (Wildman–Crippen LogP) is 1.06. The standard InChI is InChI=1S/C13H24N2O2/c1-13(2,3)17-12(16)11-8-15-10(6-7-14-11)9-4-5-9/h9-11,14-15H,4-8H2,1-3H3/t10-,11+/m1/s1. The summed E-state index contributed by atoms with van der Waals surface area (Å²) in [5, 5.41) is 6.78. The van der Waals surface area contributed by atoms with Crippen molar-refractivity contribution in [2.75, 3.05) is 13.1 Å². The van der Waals surface area contributed by atoms with E-state index in [0.717, 1.165) is 18.9 Å². The SMILES string of the molecule is CC(C)(C)OC(=O)[C@@H]1CN[C@@H](C2CC2)CCN1. The lowest BCUT2D eigenvalue weighted by molar-refractivity contribution is -0.157. The molecule has 2 rings (SSSR count). The summed E-state index contributed by atoms with van der Waals surface area (Å²) in [5.41, 5.74) is -0.402. The number of rotatable bonds is 2. The van der Waals surface area contributed by atoms with Crippen LogP contribution in [0, 0.1) is 5.92 Å². The monoisotopic (exact) mass is 240 g/mol. The number of carbonyl (C=O) groups is 1. The first kappa shape index (κ1) is 12.8. The van der Waals surface area contributed by atoms with Gasteiger partial charge < -0.3 is 15.4 Å². The molecule has 17 heavy (non-hydrogen) atoms. The van der Waals surface area contributed by atoms with E-state index in [9.17, 15) is 4.79 Å². The van der Waals surface area contributed by atoms with E-state index in [-0.39, 0.29) is 12.0 Å². The topological polar surface area (TPSA) is 50.4 Å². The van der Waals surface area contributed by atoms with Gasteiger partial charge in [-0.25, -0.2) is 0 Å². The van der Waals surface area contributed by atoms with Crippen LogP contribution in [0.15, 0.2) is 0 Å². The highest BCUT2D eigenvalue weighted by molar-refractivity contribution is 5.76. The Hall–Kier alpha value is -0.610. The van der Waals surface area contributed by atoms with Crippen molar-refractivity contribution < 1.29 is 9.53 Å². The van der Waals surface area contributed by atoms with Gasteiger partial charge in [-0.05, 0) is 52.5 Å². The third-order valence-corrected chi connectivity index (χ3v) is 3.31. The third-order valence-electron chi connectivity index (χ3n) is 3.31. The van der Waals surface area contributed by atoms with Crippen molar-refractivity contribution in [1.82, 2.24) is 10.6 Å². The molecule has 0 aromatic carbocycles. The predicted molar refractivity (Wildman–Crippen MR) is 66.8 cm³/mol. The normalized spacial score (nSPS) is 30.8. The third kappa shape index (κ3) is 3.96. The maximum absolute atomic E-state index is 11.9. The molecule has 0 bridgehead atoms. The molecule has 2 fully saturated rings. The van der Waals surface area contributed by atoms with Crippen molar-refractivity contribution in [3.8, 4) is 0 Å². The van der Waals surface area contributed by atoms with Gasteiger partial charge >= 0.3 is 5.97 Å². The molecule has 1 aliphatic carbocycles. The van der Waals surface area contributed by atoms with Gasteiger partial charge in [0.15, 0.2) is 0 Å². The summed E-state index contributed by atoms with van der Waals surface area (Å²) in [6.07, 6.45) is 3.80. The molecule has 2 N–H and O–H groups in total. The van der Waals surface area contributed by atoms with Crippen LogP contribution in [0.2, 0.25) is 0 Å². The molecule has 0 aromatic heterocycles. The van der Waals surface area contributed by atoms with Crippen LogP contribution in [0.1, 0.15) is 40.0 Å². The zero-order valence-electron chi connectivity index (χ0n) is 11.1. The molecule has 4 nitrogen and oxygen atoms in total. The van der Waals surface area contributed by atoms with Crippen molar-refractivity contribution >= 4 is 5.97 Å². The smallest absolute Gasteiger partial charge is 0.324 e. The lowest BCUT2D eigenvalue weighted by Gasteiger charge is -2.23. The van der Waals surface area contributed by atoms with Crippen molar-refractivity contribution in [3.05, 3.63) is 0 Å². The fourth-order valence-corrected chi connectivity index (χ4v) is 2.30. The van der Waals surface area contributed by atoms with E-state index in [2.05, 4.69) is 10.6 Å². The average Bonchev–Trinajstić information content (AvgIpc) is 3.02. The van der Waals surface area contributed by atoms with Gasteiger partial charge in [-0.3, -0.25) is 4.79 Å². The molecule has 0 spiro atoms. The van der Waals surface area contributed by atoms with Crippen molar-refractivity contribution in [3.63, 3.8) is 0 Å². The number of hydrogen-bond donors (Lipinski definition) is 2. The summed E-state index contributed by atoms with van der Waals surface area (Å²) < 4.78 is 5.40. The Bertz CT molecular complexity index is 282. The van der Waals surface area contributed by atoms with Gasteiger partial charge in [-0.2, -0.15) is 0 Å². The van der Waals surface area contributed by atoms with E-state index in [4.69, 9.17) is 4.74 Å². The number of hydrogen-bond acceptors (Lipinski definition) is 4. The minimum absolute atomic E-state index is 0.138. The van der Waals surface area contributed by atoms with Crippen molar-refractivity contribution in [2.45, 2.75) is 57.7 Å². The van der Waals surface area contributed by atoms with E-state index in [1.165, 1.54) is 12.8 Å². The molecule has 0 amide bonds. The average molecular weight is 240 g/mol. The Morgan fingerprint density at radius 1 is 1.18 bits per heavy atom. The molecule has 2 atom stereocenters. The maximum Gasteiger partial charge on any atom is 0.324 e. The summed E-state index contributed by atoms with van der Waals surface area (Å²) in [7, 11) is 0. The first-order valence-electron chi connectivity index (χ1n) is 6.65. The van der Waals surface area contributed by atoms with Crippen molar-refractivity contribution in [2.24, 2.45) is 5.92 Å². The van der Waals surface area contributed by atoms with Gasteiger partial charge in [0.2, 0.25) is 0 Å². The van der Waals surface area contributed by atoms with E-state index >= 15 is 0 Å². The molecule has 98 valence electrons. The van der Waals surface area contributed by atoms with Crippen LogP contribution in [0.4, 0.5) is 0 Å². The molecule has 1 saturated carbocycles. The second-order valence-corrected chi connectivity index (χ2v) is 6.18. The van der Waals surface area contributed by atoms with Crippen LogP contribution in [0.25, 0.3) is 0 Å². The first-order valence-corrected chi connectivity index (χ1v) is 6.65. The van der Waals surface area contributed by atoms with Crippen LogP contribution < -0.4 is 10.6 Å². The van der Waals surface area contributed by atoms with Crippen LogP contribution in [-0.2, 0) is 9.53 Å². The molecule has 1 aliphatic heterocycles. The summed E-state index contributed by atoms with van der Waals surface area (Å²) in [4.78, 5) is 11.9. The number of esters is 1. The zero-order valence-corrected chi connectivity index (χ0v) is 11.1. The molecular weight excluding hydrogens is 216 g/mol. The van der Waals surface area contributed by atoms with Crippen LogP contribution in [0.3, 0.4) is 0 Å². The molecule has 2 aliphatic rings. The van der Waals surface area contributed by atoms with Crippen molar-refractivity contribution in [1.29, 1.82) is 0 Å². The van der Waals surface area contributed by atoms with E-state index in [0.29, 0.717) is 12.6 Å². The minimum atomic E-state index is -0.402. The van der Waals surface area contributed by atoms with Gasteiger partial charge in [0.1, 0.15) is 11.6 Å². The van der Waals surface area contributed by atoms with E-state index < -0.39 is 5.60 Å². The highest BCUT2D eigenvalue weighted by Gasteiger charge is 2.34. The second kappa shape index (κ2) is 4.94. The van der Waals surface area contributed by atoms with Gasteiger partial charge in [-0.1, -0.05) is 0 Å². The molecule has 4 heteroatoms. The van der Waals surface area contributed by atoms with Crippen LogP contribution in [0.5, 0.6) is 0 Å². The van der Waals surface area contributed by atoms with E-state index in [1.807, 2.05) is 20.8 Å². The van der Waals surface area contributed by atoms with Gasteiger partial charge in [0.05, 0.1) is 0 Å². The Balaban J connectivity index is 1.83. The van der Waals surface area contributed by atoms with Crippen LogP contribution in [-0.4, -0.2) is 36.7 Å². The van der Waals surface area contributed by atoms with Gasteiger partial charge in [0.25, 0.3) is 0 Å². The summed E-state index contributed by atoms with van der Waals surface area (Å²) in [5.74, 6) is 0.704. The lowest BCUT2D eigenvalue weighted by atomic mass is 10.1. The van der Waals surface area contributed by atoms with Gasteiger partial charge in [0, 0.05) is 12.6 Å². The molecule has 0 unspecified atom stereocenters. The first-order chi connectivity index (χ1) is 7.96. The molecular formula is C13H24N2O2. The molecule has 0 aromatic rings. The quantitative estimate of drug-likeness (QED) is 0.709.